The van der Waals surface area contributed by atoms with Gasteiger partial charge in [0.05, 0.1) is 5.56 Å². The lowest BCUT2D eigenvalue weighted by molar-refractivity contribution is 0.0933. The van der Waals surface area contributed by atoms with Crippen molar-refractivity contribution in [1.82, 2.24) is 14.9 Å². The zero-order valence-electron chi connectivity index (χ0n) is 14.7. The third-order valence-corrected chi connectivity index (χ3v) is 5.13. The van der Waals surface area contributed by atoms with Crippen molar-refractivity contribution in [1.29, 1.82) is 0 Å². The molecule has 0 radical (unpaired) electrons. The Labute approximate surface area is 147 Å². The van der Waals surface area contributed by atoms with E-state index in [1.165, 1.54) is 16.7 Å². The number of rotatable bonds is 3. The summed E-state index contributed by atoms with van der Waals surface area (Å²) in [5.74, 6) is -0.0285. The number of hydrogen-bond acceptors (Lipinski definition) is 2. The summed E-state index contributed by atoms with van der Waals surface area (Å²) in [6, 6.07) is 10.8. The van der Waals surface area contributed by atoms with Gasteiger partial charge in [0.25, 0.3) is 5.91 Å². The minimum absolute atomic E-state index is 0.0285. The van der Waals surface area contributed by atoms with E-state index in [-0.39, 0.29) is 11.9 Å². The number of pyridine rings is 1. The summed E-state index contributed by atoms with van der Waals surface area (Å²) in [6.45, 7) is 5.09. The van der Waals surface area contributed by atoms with Crippen molar-refractivity contribution in [2.75, 3.05) is 0 Å². The van der Waals surface area contributed by atoms with Gasteiger partial charge in [0.15, 0.2) is 0 Å². The van der Waals surface area contributed by atoms with Gasteiger partial charge in [-0.1, -0.05) is 23.8 Å². The van der Waals surface area contributed by atoms with Crippen LogP contribution in [0.5, 0.6) is 0 Å². The van der Waals surface area contributed by atoms with Crippen LogP contribution in [-0.4, -0.2) is 21.5 Å². The van der Waals surface area contributed by atoms with E-state index in [0.717, 1.165) is 36.8 Å². The lowest BCUT2D eigenvalue weighted by Crippen LogP contribution is -2.38. The average molecular weight is 333 g/mol. The highest BCUT2D eigenvalue weighted by Gasteiger charge is 2.21. The molecule has 0 saturated heterocycles. The fourth-order valence-electron chi connectivity index (χ4n) is 3.73. The van der Waals surface area contributed by atoms with E-state index in [2.05, 4.69) is 46.9 Å². The molecule has 4 nitrogen and oxygen atoms in total. The lowest BCUT2D eigenvalue weighted by atomic mass is 9.87. The fourth-order valence-corrected chi connectivity index (χ4v) is 3.73. The van der Waals surface area contributed by atoms with Gasteiger partial charge in [-0.05, 0) is 56.4 Å². The van der Waals surface area contributed by atoms with Crippen molar-refractivity contribution in [3.05, 3.63) is 65.0 Å². The molecule has 1 amide bonds. The molecular weight excluding hydrogens is 310 g/mol. The molecule has 25 heavy (non-hydrogen) atoms. The van der Waals surface area contributed by atoms with Gasteiger partial charge >= 0.3 is 0 Å². The molecular formula is C21H23N3O. The highest BCUT2D eigenvalue weighted by atomic mass is 16.1. The molecule has 4 rings (SSSR count). The first-order chi connectivity index (χ1) is 12.1. The van der Waals surface area contributed by atoms with E-state index in [0.29, 0.717) is 5.56 Å². The minimum Gasteiger partial charge on any atom is -0.349 e. The Balaban J connectivity index is 1.49. The van der Waals surface area contributed by atoms with Crippen molar-refractivity contribution >= 4 is 16.9 Å². The van der Waals surface area contributed by atoms with E-state index in [1.54, 1.807) is 6.20 Å². The first kappa shape index (κ1) is 15.9. The van der Waals surface area contributed by atoms with E-state index in [9.17, 15) is 4.79 Å². The molecule has 3 aromatic rings. The van der Waals surface area contributed by atoms with Crippen molar-refractivity contribution < 1.29 is 4.79 Å². The minimum atomic E-state index is -0.0285. The van der Waals surface area contributed by atoms with Gasteiger partial charge in [-0.2, -0.15) is 0 Å². The van der Waals surface area contributed by atoms with Gasteiger partial charge in [-0.3, -0.25) is 4.79 Å². The summed E-state index contributed by atoms with van der Waals surface area (Å²) in [7, 11) is 0. The van der Waals surface area contributed by atoms with Crippen LogP contribution < -0.4 is 5.32 Å². The standard InChI is InChI=1S/C21H23N3O/c1-3-24-9-8-17-11-18(13-22-20(17)24)21(25)23-19-7-6-15-10-14(2)4-5-16(15)12-19/h4-5,8-11,13,19H,3,6-7,12H2,1-2H3,(H,23,25)/t19-/m1/s1. The molecule has 2 heterocycles. The topological polar surface area (TPSA) is 46.9 Å². The lowest BCUT2D eigenvalue weighted by Gasteiger charge is -2.26. The van der Waals surface area contributed by atoms with Gasteiger partial charge in [0, 0.05) is 30.4 Å². The molecule has 0 spiro atoms. The largest absolute Gasteiger partial charge is 0.349 e. The van der Waals surface area contributed by atoms with Crippen molar-refractivity contribution in [2.24, 2.45) is 0 Å². The summed E-state index contributed by atoms with van der Waals surface area (Å²) in [6.07, 6.45) is 6.62. The van der Waals surface area contributed by atoms with Gasteiger partial charge in [-0.15, -0.1) is 0 Å². The molecule has 0 aliphatic heterocycles. The zero-order valence-corrected chi connectivity index (χ0v) is 14.7. The first-order valence-corrected chi connectivity index (χ1v) is 8.98. The smallest absolute Gasteiger partial charge is 0.253 e. The van der Waals surface area contributed by atoms with Crippen molar-refractivity contribution in [3.63, 3.8) is 0 Å². The highest BCUT2D eigenvalue weighted by molar-refractivity contribution is 5.97. The van der Waals surface area contributed by atoms with E-state index < -0.39 is 0 Å². The molecule has 0 fully saturated rings. The molecule has 1 aromatic carbocycles. The van der Waals surface area contributed by atoms with E-state index >= 15 is 0 Å². The first-order valence-electron chi connectivity index (χ1n) is 8.98. The average Bonchev–Trinajstić information content (AvgIpc) is 3.04. The molecule has 0 unspecified atom stereocenters. The van der Waals surface area contributed by atoms with Crippen LogP contribution in [0, 0.1) is 6.92 Å². The van der Waals surface area contributed by atoms with Gasteiger partial charge in [0.1, 0.15) is 5.65 Å². The normalized spacial score (nSPS) is 16.6. The Morgan fingerprint density at radius 1 is 1.28 bits per heavy atom. The molecule has 4 heteroatoms. The van der Waals surface area contributed by atoms with Crippen LogP contribution in [0.3, 0.4) is 0 Å². The number of nitrogens with one attached hydrogen (secondary N) is 1. The molecule has 2 aromatic heterocycles. The maximum absolute atomic E-state index is 12.6. The summed E-state index contributed by atoms with van der Waals surface area (Å²) < 4.78 is 2.08. The fraction of sp³-hybridized carbons (Fsp3) is 0.333. The van der Waals surface area contributed by atoms with Gasteiger partial charge in [-0.25, -0.2) is 4.98 Å². The van der Waals surface area contributed by atoms with Gasteiger partial charge < -0.3 is 9.88 Å². The Kier molecular flexibility index (Phi) is 4.04. The van der Waals surface area contributed by atoms with E-state index in [4.69, 9.17) is 0 Å². The van der Waals surface area contributed by atoms with Crippen LogP contribution >= 0.6 is 0 Å². The summed E-state index contributed by atoms with van der Waals surface area (Å²) in [5.41, 5.74) is 5.65. The Bertz CT molecular complexity index is 941. The molecule has 0 saturated carbocycles. The number of carbonyl (C=O) groups excluding carboxylic acids is 1. The number of aryl methyl sites for hydroxylation is 3. The predicted molar refractivity (Wildman–Crippen MR) is 99.9 cm³/mol. The molecule has 1 aliphatic carbocycles. The predicted octanol–water partition coefficient (Wildman–Crippen LogP) is 3.65. The van der Waals surface area contributed by atoms with Gasteiger partial charge in [0.2, 0.25) is 0 Å². The number of hydrogen-bond donors (Lipinski definition) is 1. The third kappa shape index (κ3) is 3.04. The monoisotopic (exact) mass is 333 g/mol. The number of benzene rings is 1. The molecule has 0 bridgehead atoms. The molecule has 1 N–H and O–H groups in total. The molecule has 128 valence electrons. The second-order valence-corrected chi connectivity index (χ2v) is 6.92. The quantitative estimate of drug-likeness (QED) is 0.795. The number of nitrogens with zero attached hydrogens (tertiary/aromatic N) is 2. The van der Waals surface area contributed by atoms with Crippen LogP contribution in [-0.2, 0) is 19.4 Å². The summed E-state index contributed by atoms with van der Waals surface area (Å²) in [4.78, 5) is 17.1. The summed E-state index contributed by atoms with van der Waals surface area (Å²) in [5, 5.41) is 4.20. The number of carbonyl (C=O) groups is 1. The second-order valence-electron chi connectivity index (χ2n) is 6.92. The number of amides is 1. The second kappa shape index (κ2) is 6.36. The summed E-state index contributed by atoms with van der Waals surface area (Å²) >= 11 is 0. The molecule has 1 aliphatic rings. The van der Waals surface area contributed by atoms with Crippen molar-refractivity contribution in [2.45, 2.75) is 45.7 Å². The Hall–Kier alpha value is -2.62. The maximum atomic E-state index is 12.6. The third-order valence-electron chi connectivity index (χ3n) is 5.13. The number of fused-ring (bicyclic) bond motifs is 2. The maximum Gasteiger partial charge on any atom is 0.253 e. The zero-order chi connectivity index (χ0) is 17.4. The number of aromatic nitrogens is 2. The highest BCUT2D eigenvalue weighted by Crippen LogP contribution is 2.23. The van der Waals surface area contributed by atoms with Crippen molar-refractivity contribution in [3.8, 4) is 0 Å². The Morgan fingerprint density at radius 2 is 2.16 bits per heavy atom. The van der Waals surface area contributed by atoms with Crippen LogP contribution in [0.25, 0.3) is 11.0 Å². The van der Waals surface area contributed by atoms with Crippen LogP contribution in [0.4, 0.5) is 0 Å². The van der Waals surface area contributed by atoms with Crippen LogP contribution in [0.2, 0.25) is 0 Å². The van der Waals surface area contributed by atoms with Crippen LogP contribution in [0.15, 0.2) is 42.7 Å². The SMILES string of the molecule is CCn1ccc2cc(C(=O)N[C@@H]3CCc4cc(C)ccc4C3)cnc21. The molecule has 1 atom stereocenters. The van der Waals surface area contributed by atoms with Crippen LogP contribution in [0.1, 0.15) is 40.4 Å². The van der Waals surface area contributed by atoms with E-state index in [1.807, 2.05) is 18.3 Å². The Morgan fingerprint density at radius 3 is 3.00 bits per heavy atom.